The molecule has 0 bridgehead atoms. The zero-order chi connectivity index (χ0) is 11.4. The molecule has 0 saturated heterocycles. The minimum Gasteiger partial charge on any atom is -0.0991 e. The van der Waals surface area contributed by atoms with E-state index >= 15 is 0 Å². The second-order valence-electron chi connectivity index (χ2n) is 2.84. The van der Waals surface area contributed by atoms with E-state index < -0.39 is 0 Å². The monoisotopic (exact) mass is 210 g/mol. The molecule has 0 aromatic carbocycles. The maximum atomic E-state index is 3.70. The van der Waals surface area contributed by atoms with Crippen LogP contribution >= 0.6 is 0 Å². The van der Waals surface area contributed by atoms with Crippen molar-refractivity contribution in [1.29, 1.82) is 0 Å². The maximum Gasteiger partial charge on any atom is -0.0307 e. The number of hydrogen-bond acceptors (Lipinski definition) is 0. The van der Waals surface area contributed by atoms with Gasteiger partial charge in [-0.25, -0.2) is 0 Å². The minimum absolute atomic E-state index is 0. The molecule has 0 saturated carbocycles. The summed E-state index contributed by atoms with van der Waals surface area (Å²) in [7, 11) is 0. The Bertz CT molecular complexity index is 176. The van der Waals surface area contributed by atoms with Gasteiger partial charge in [0.2, 0.25) is 0 Å². The van der Waals surface area contributed by atoms with Gasteiger partial charge in [0.25, 0.3) is 0 Å². The molecule has 0 nitrogen and oxygen atoms in total. The van der Waals surface area contributed by atoms with Crippen LogP contribution in [0, 0.1) is 0 Å². The second kappa shape index (κ2) is 15.7. The van der Waals surface area contributed by atoms with Gasteiger partial charge in [-0.3, -0.25) is 0 Å². The van der Waals surface area contributed by atoms with Gasteiger partial charge in [-0.05, 0) is 24.8 Å². The predicted molar refractivity (Wildman–Crippen MR) is 75.3 cm³/mol. The normalized spacial score (nSPS) is 9.27. The fraction of sp³-hybridized carbons (Fsp3) is 0.600. The van der Waals surface area contributed by atoms with Crippen LogP contribution in [0.1, 0.15) is 61.3 Å². The average Bonchev–Trinajstić information content (AvgIpc) is 2.27. The molecule has 0 aromatic heterocycles. The predicted octanol–water partition coefficient (Wildman–Crippen LogP) is 5.92. The van der Waals surface area contributed by atoms with Crippen molar-refractivity contribution in [2.45, 2.75) is 61.3 Å². The molecule has 0 heteroatoms. The van der Waals surface area contributed by atoms with Crippen molar-refractivity contribution in [3.63, 3.8) is 0 Å². The Kier molecular flexibility index (Phi) is 20.6. The standard InChI is InChI=1S/C12H20.C2H6.CH4/c1-5-9-12(8-4)10-11(6-2)7-3;1-2;/h5,9-10H,1,6-8H2,2-4H3;1-2H3;1H4/b12-9-;;. The number of rotatable bonds is 5. The molecule has 0 unspecified atom stereocenters. The summed E-state index contributed by atoms with van der Waals surface area (Å²) in [6.45, 7) is 14.3. The molecule has 15 heavy (non-hydrogen) atoms. The van der Waals surface area contributed by atoms with E-state index in [1.165, 1.54) is 11.1 Å². The highest BCUT2D eigenvalue weighted by atomic mass is 14.0. The lowest BCUT2D eigenvalue weighted by molar-refractivity contribution is 0.966. The van der Waals surface area contributed by atoms with Gasteiger partial charge in [0.1, 0.15) is 0 Å². The summed E-state index contributed by atoms with van der Waals surface area (Å²) in [4.78, 5) is 0. The molecule has 0 aliphatic heterocycles. The van der Waals surface area contributed by atoms with Crippen LogP contribution in [0.3, 0.4) is 0 Å². The van der Waals surface area contributed by atoms with Gasteiger partial charge in [-0.15, -0.1) is 0 Å². The summed E-state index contributed by atoms with van der Waals surface area (Å²) in [6, 6.07) is 0. The molecule has 0 aliphatic rings. The zero-order valence-electron chi connectivity index (χ0n) is 10.6. The van der Waals surface area contributed by atoms with E-state index in [0.717, 1.165) is 19.3 Å². The van der Waals surface area contributed by atoms with Crippen molar-refractivity contribution in [1.82, 2.24) is 0 Å². The van der Waals surface area contributed by atoms with Gasteiger partial charge in [0.15, 0.2) is 0 Å². The van der Waals surface area contributed by atoms with Gasteiger partial charge >= 0.3 is 0 Å². The van der Waals surface area contributed by atoms with E-state index in [9.17, 15) is 0 Å². The van der Waals surface area contributed by atoms with Gasteiger partial charge in [0.05, 0.1) is 0 Å². The lowest BCUT2D eigenvalue weighted by Crippen LogP contribution is -1.81. The van der Waals surface area contributed by atoms with Crippen LogP contribution in [0.4, 0.5) is 0 Å². The molecule has 0 fully saturated rings. The van der Waals surface area contributed by atoms with Crippen molar-refractivity contribution >= 4 is 0 Å². The highest BCUT2D eigenvalue weighted by Crippen LogP contribution is 2.12. The van der Waals surface area contributed by atoms with Gasteiger partial charge in [0, 0.05) is 0 Å². The van der Waals surface area contributed by atoms with Crippen LogP contribution in [0.5, 0.6) is 0 Å². The lowest BCUT2D eigenvalue weighted by Gasteiger charge is -2.01. The summed E-state index contributed by atoms with van der Waals surface area (Å²) in [6.07, 6.45) is 9.65. The second-order valence-corrected chi connectivity index (χ2v) is 2.84. The average molecular weight is 210 g/mol. The van der Waals surface area contributed by atoms with E-state index in [1.807, 2.05) is 19.9 Å². The topological polar surface area (TPSA) is 0 Å². The maximum absolute atomic E-state index is 3.70. The fourth-order valence-electron chi connectivity index (χ4n) is 1.14. The van der Waals surface area contributed by atoms with Crippen LogP contribution < -0.4 is 0 Å². The largest absolute Gasteiger partial charge is 0.0991 e. The molecule has 0 spiro atoms. The van der Waals surface area contributed by atoms with Crippen molar-refractivity contribution in [3.8, 4) is 0 Å². The summed E-state index contributed by atoms with van der Waals surface area (Å²) < 4.78 is 0. The van der Waals surface area contributed by atoms with Crippen LogP contribution in [0.2, 0.25) is 0 Å². The van der Waals surface area contributed by atoms with Crippen molar-refractivity contribution in [2.75, 3.05) is 0 Å². The van der Waals surface area contributed by atoms with E-state index in [4.69, 9.17) is 0 Å². The van der Waals surface area contributed by atoms with Crippen LogP contribution in [-0.2, 0) is 0 Å². The van der Waals surface area contributed by atoms with Crippen LogP contribution in [-0.4, -0.2) is 0 Å². The highest BCUT2D eigenvalue weighted by Gasteiger charge is 1.91. The molecular formula is C15H30. The molecule has 0 radical (unpaired) electrons. The first-order valence-corrected chi connectivity index (χ1v) is 5.79. The summed E-state index contributed by atoms with van der Waals surface area (Å²) >= 11 is 0. The first-order valence-electron chi connectivity index (χ1n) is 5.79. The summed E-state index contributed by atoms with van der Waals surface area (Å²) in [5, 5.41) is 0. The Balaban J connectivity index is -0.000000449. The molecule has 0 aromatic rings. The quantitative estimate of drug-likeness (QED) is 0.494. The SMILES string of the molecule is C.C=C/C=C(\C=C(CC)CC)CC.CC. The third kappa shape index (κ3) is 11.1. The number of allylic oxidation sites excluding steroid dienone is 5. The zero-order valence-corrected chi connectivity index (χ0v) is 10.6. The Labute approximate surface area is 97.8 Å². The Morgan fingerprint density at radius 1 is 1.00 bits per heavy atom. The fourth-order valence-corrected chi connectivity index (χ4v) is 1.14. The molecule has 0 heterocycles. The van der Waals surface area contributed by atoms with Crippen molar-refractivity contribution in [3.05, 3.63) is 36.0 Å². The van der Waals surface area contributed by atoms with Crippen LogP contribution in [0.25, 0.3) is 0 Å². The van der Waals surface area contributed by atoms with Crippen molar-refractivity contribution in [2.24, 2.45) is 0 Å². The molecule has 0 rings (SSSR count). The first kappa shape index (κ1) is 19.7. The van der Waals surface area contributed by atoms with E-state index in [2.05, 4.69) is 39.5 Å². The third-order valence-electron chi connectivity index (χ3n) is 2.04. The van der Waals surface area contributed by atoms with E-state index in [0.29, 0.717) is 0 Å². The summed E-state index contributed by atoms with van der Waals surface area (Å²) in [5.74, 6) is 0. The van der Waals surface area contributed by atoms with Crippen molar-refractivity contribution < 1.29 is 0 Å². The lowest BCUT2D eigenvalue weighted by atomic mass is 10.1. The smallest absolute Gasteiger partial charge is 0.0307 e. The van der Waals surface area contributed by atoms with Crippen LogP contribution in [0.15, 0.2) is 36.0 Å². The number of hydrogen-bond donors (Lipinski definition) is 0. The third-order valence-corrected chi connectivity index (χ3v) is 2.04. The highest BCUT2D eigenvalue weighted by molar-refractivity contribution is 5.26. The molecule has 0 atom stereocenters. The van der Waals surface area contributed by atoms with E-state index in [1.54, 1.807) is 0 Å². The minimum atomic E-state index is 0. The molecule has 0 aliphatic carbocycles. The Morgan fingerprint density at radius 3 is 1.73 bits per heavy atom. The Hall–Kier alpha value is -0.780. The Morgan fingerprint density at radius 2 is 1.47 bits per heavy atom. The first-order chi connectivity index (χ1) is 6.78. The van der Waals surface area contributed by atoms with Gasteiger partial charge in [-0.1, -0.05) is 72.4 Å². The molecule has 90 valence electrons. The van der Waals surface area contributed by atoms with E-state index in [-0.39, 0.29) is 7.43 Å². The molecule has 0 amide bonds. The summed E-state index contributed by atoms with van der Waals surface area (Å²) in [5.41, 5.74) is 2.90. The van der Waals surface area contributed by atoms with Gasteiger partial charge < -0.3 is 0 Å². The molecule has 0 N–H and O–H groups in total. The van der Waals surface area contributed by atoms with Gasteiger partial charge in [-0.2, -0.15) is 0 Å². The molecular weight excluding hydrogens is 180 g/mol.